The zero-order valence-electron chi connectivity index (χ0n) is 11.7. The summed E-state index contributed by atoms with van der Waals surface area (Å²) in [4.78, 5) is 17.6. The van der Waals surface area contributed by atoms with Gasteiger partial charge in [-0.15, -0.1) is 0 Å². The third-order valence-electron chi connectivity index (χ3n) is 2.86. The van der Waals surface area contributed by atoms with E-state index < -0.39 is 0 Å². The highest BCUT2D eigenvalue weighted by atomic mass is 79.9. The molecule has 21 heavy (non-hydrogen) atoms. The molecule has 0 saturated heterocycles. The maximum atomic E-state index is 12.0. The molecule has 0 radical (unpaired) electrons. The highest BCUT2D eigenvalue weighted by Crippen LogP contribution is 2.22. The summed E-state index contributed by atoms with van der Waals surface area (Å²) in [5.74, 6) is -0.118. The van der Waals surface area contributed by atoms with Crippen LogP contribution in [0.25, 0.3) is 0 Å². The average molecular weight is 369 g/mol. The van der Waals surface area contributed by atoms with E-state index >= 15 is 0 Å². The minimum absolute atomic E-state index is 0.118. The third-order valence-corrected chi connectivity index (χ3v) is 3.62. The highest BCUT2D eigenvalue weighted by molar-refractivity contribution is 9.10. The van der Waals surface area contributed by atoms with Crippen LogP contribution in [0.5, 0.6) is 0 Å². The molecule has 1 heterocycles. The van der Waals surface area contributed by atoms with Crippen molar-refractivity contribution >= 4 is 39.1 Å². The average Bonchev–Trinajstić information content (AvgIpc) is 2.45. The number of anilines is 1. The van der Waals surface area contributed by atoms with Crippen molar-refractivity contribution in [1.82, 2.24) is 9.88 Å². The molecule has 0 unspecified atom stereocenters. The monoisotopic (exact) mass is 367 g/mol. The number of hydrogen-bond acceptors (Lipinski definition) is 3. The predicted molar refractivity (Wildman–Crippen MR) is 88.7 cm³/mol. The third kappa shape index (κ3) is 4.19. The van der Waals surface area contributed by atoms with Crippen molar-refractivity contribution in [3.63, 3.8) is 0 Å². The van der Waals surface area contributed by atoms with Gasteiger partial charge in [0, 0.05) is 43.2 Å². The molecule has 1 N–H and O–H groups in total. The highest BCUT2D eigenvalue weighted by Gasteiger charge is 2.13. The first kappa shape index (κ1) is 15.8. The summed E-state index contributed by atoms with van der Waals surface area (Å²) < 4.78 is 0.932. The zero-order valence-corrected chi connectivity index (χ0v) is 14.1. The lowest BCUT2D eigenvalue weighted by Gasteiger charge is -2.13. The van der Waals surface area contributed by atoms with Crippen LogP contribution >= 0.6 is 27.5 Å². The van der Waals surface area contributed by atoms with Crippen molar-refractivity contribution < 1.29 is 4.79 Å². The van der Waals surface area contributed by atoms with Crippen molar-refractivity contribution in [2.45, 2.75) is 6.54 Å². The Kier molecular flexibility index (Phi) is 5.20. The summed E-state index contributed by atoms with van der Waals surface area (Å²) in [7, 11) is 3.40. The van der Waals surface area contributed by atoms with Crippen LogP contribution in [0.15, 0.2) is 41.1 Å². The molecule has 1 amide bonds. The Morgan fingerprint density at radius 1 is 1.33 bits per heavy atom. The molecule has 2 rings (SSSR count). The number of amides is 1. The first-order valence-corrected chi connectivity index (χ1v) is 7.49. The van der Waals surface area contributed by atoms with E-state index in [1.807, 2.05) is 12.1 Å². The molecular weight excluding hydrogens is 354 g/mol. The number of aromatic nitrogens is 1. The van der Waals surface area contributed by atoms with Gasteiger partial charge in [-0.05, 0) is 45.8 Å². The van der Waals surface area contributed by atoms with Crippen LogP contribution in [0, 0.1) is 0 Å². The Morgan fingerprint density at radius 2 is 2.10 bits per heavy atom. The second-order valence-electron chi connectivity index (χ2n) is 4.76. The Hall–Kier alpha value is -1.59. The van der Waals surface area contributed by atoms with Crippen LogP contribution in [0.4, 0.5) is 5.69 Å². The topological polar surface area (TPSA) is 45.2 Å². The minimum atomic E-state index is -0.118. The van der Waals surface area contributed by atoms with Gasteiger partial charge in [-0.2, -0.15) is 0 Å². The Bertz CT molecular complexity index is 661. The summed E-state index contributed by atoms with van der Waals surface area (Å²) >= 11 is 9.47. The maximum Gasteiger partial charge on any atom is 0.254 e. The van der Waals surface area contributed by atoms with Gasteiger partial charge < -0.3 is 10.2 Å². The standard InChI is InChI=1S/C15H15BrClN3O/c1-20(2)15(21)13-6-12(3-4-14(13)17)19-8-10-5-11(16)9-18-7-10/h3-7,9,19H,8H2,1-2H3. The van der Waals surface area contributed by atoms with Gasteiger partial charge >= 0.3 is 0 Å². The molecule has 4 nitrogen and oxygen atoms in total. The second-order valence-corrected chi connectivity index (χ2v) is 6.08. The molecule has 0 bridgehead atoms. The van der Waals surface area contributed by atoms with Crippen molar-refractivity contribution in [3.05, 3.63) is 57.3 Å². The summed E-state index contributed by atoms with van der Waals surface area (Å²) in [6.07, 6.45) is 3.53. The molecule has 110 valence electrons. The molecule has 6 heteroatoms. The van der Waals surface area contributed by atoms with Gasteiger partial charge in [-0.3, -0.25) is 9.78 Å². The van der Waals surface area contributed by atoms with E-state index in [2.05, 4.69) is 26.2 Å². The number of halogens is 2. The van der Waals surface area contributed by atoms with E-state index in [1.165, 1.54) is 4.90 Å². The Balaban J connectivity index is 2.14. The van der Waals surface area contributed by atoms with E-state index in [9.17, 15) is 4.79 Å². The number of hydrogen-bond donors (Lipinski definition) is 1. The Morgan fingerprint density at radius 3 is 2.76 bits per heavy atom. The summed E-state index contributed by atoms with van der Waals surface area (Å²) in [5.41, 5.74) is 2.36. The van der Waals surface area contributed by atoms with Crippen molar-refractivity contribution in [1.29, 1.82) is 0 Å². The number of benzene rings is 1. The van der Waals surface area contributed by atoms with Gasteiger partial charge in [0.15, 0.2) is 0 Å². The molecule has 1 aromatic carbocycles. The lowest BCUT2D eigenvalue weighted by atomic mass is 10.1. The van der Waals surface area contributed by atoms with Crippen molar-refractivity contribution in [3.8, 4) is 0 Å². The molecule has 2 aromatic rings. The summed E-state index contributed by atoms with van der Waals surface area (Å²) in [5, 5.41) is 3.71. The van der Waals surface area contributed by atoms with Gasteiger partial charge in [0.2, 0.25) is 0 Å². The van der Waals surface area contributed by atoms with Gasteiger partial charge in [-0.25, -0.2) is 0 Å². The fourth-order valence-corrected chi connectivity index (χ4v) is 2.41. The SMILES string of the molecule is CN(C)C(=O)c1cc(NCc2cncc(Br)c2)ccc1Cl. The predicted octanol–water partition coefficient (Wildman–Crippen LogP) is 3.81. The van der Waals surface area contributed by atoms with Crippen LogP contribution in [0.3, 0.4) is 0 Å². The van der Waals surface area contributed by atoms with E-state index in [-0.39, 0.29) is 5.91 Å². The number of carbonyl (C=O) groups is 1. The summed E-state index contributed by atoms with van der Waals surface area (Å²) in [6.45, 7) is 0.615. The quantitative estimate of drug-likeness (QED) is 0.892. The summed E-state index contributed by atoms with van der Waals surface area (Å²) in [6, 6.07) is 7.32. The minimum Gasteiger partial charge on any atom is -0.381 e. The van der Waals surface area contributed by atoms with Gasteiger partial charge in [0.05, 0.1) is 10.6 Å². The lowest BCUT2D eigenvalue weighted by molar-refractivity contribution is 0.0828. The van der Waals surface area contributed by atoms with Crippen molar-refractivity contribution in [2.75, 3.05) is 19.4 Å². The molecule has 1 aromatic heterocycles. The van der Waals surface area contributed by atoms with Gasteiger partial charge in [-0.1, -0.05) is 11.6 Å². The molecular formula is C15H15BrClN3O. The van der Waals surface area contributed by atoms with Crippen LogP contribution in [-0.4, -0.2) is 29.9 Å². The van der Waals surface area contributed by atoms with Crippen molar-refractivity contribution in [2.24, 2.45) is 0 Å². The molecule has 0 fully saturated rings. The number of carbonyl (C=O) groups excluding carboxylic acids is 1. The second kappa shape index (κ2) is 6.91. The van der Waals surface area contributed by atoms with Gasteiger partial charge in [0.25, 0.3) is 5.91 Å². The first-order valence-electron chi connectivity index (χ1n) is 6.32. The number of nitrogens with zero attached hydrogens (tertiary/aromatic N) is 2. The van der Waals surface area contributed by atoms with E-state index in [1.54, 1.807) is 38.6 Å². The van der Waals surface area contributed by atoms with Crippen LogP contribution in [-0.2, 0) is 6.54 Å². The largest absolute Gasteiger partial charge is 0.381 e. The van der Waals surface area contributed by atoms with E-state index in [0.29, 0.717) is 17.1 Å². The van der Waals surface area contributed by atoms with Crippen LogP contribution < -0.4 is 5.32 Å². The fourth-order valence-electron chi connectivity index (χ4n) is 1.80. The number of pyridine rings is 1. The smallest absolute Gasteiger partial charge is 0.254 e. The van der Waals surface area contributed by atoms with E-state index in [0.717, 1.165) is 15.7 Å². The molecule has 0 atom stereocenters. The molecule has 0 aliphatic heterocycles. The molecule has 0 aliphatic carbocycles. The van der Waals surface area contributed by atoms with Gasteiger partial charge in [0.1, 0.15) is 0 Å². The normalized spacial score (nSPS) is 10.3. The van der Waals surface area contributed by atoms with Crippen LogP contribution in [0.1, 0.15) is 15.9 Å². The van der Waals surface area contributed by atoms with Crippen LogP contribution in [0.2, 0.25) is 5.02 Å². The zero-order chi connectivity index (χ0) is 15.4. The first-order chi connectivity index (χ1) is 9.97. The Labute approximate surface area is 137 Å². The fraction of sp³-hybridized carbons (Fsp3) is 0.200. The maximum absolute atomic E-state index is 12.0. The van der Waals surface area contributed by atoms with E-state index in [4.69, 9.17) is 11.6 Å². The number of nitrogens with one attached hydrogen (secondary N) is 1. The molecule has 0 aliphatic rings. The lowest BCUT2D eigenvalue weighted by Crippen LogP contribution is -2.22. The molecule has 0 spiro atoms. The number of rotatable bonds is 4. The molecule has 0 saturated carbocycles.